The number of amides is 2. The van der Waals surface area contributed by atoms with Crippen molar-refractivity contribution in [2.24, 2.45) is 0 Å². The lowest BCUT2D eigenvalue weighted by Gasteiger charge is -2.25. The molecule has 102 valence electrons. The fraction of sp³-hybridized carbons (Fsp3) is 0.429. The monoisotopic (exact) mass is 373 g/mol. The zero-order valence-corrected chi connectivity index (χ0v) is 13.4. The Kier molecular flexibility index (Phi) is 3.96. The normalized spacial score (nSPS) is 15.1. The number of nitrogens with zero attached hydrogens (tertiary/aromatic N) is 1. The van der Waals surface area contributed by atoms with Gasteiger partial charge in [0.25, 0.3) is 11.8 Å². The van der Waals surface area contributed by atoms with E-state index in [1.807, 2.05) is 19.9 Å². The highest BCUT2D eigenvalue weighted by atomic mass is 127. The number of rotatable bonds is 4. The molecule has 5 heteroatoms. The first-order valence-corrected chi connectivity index (χ1v) is 7.15. The molecular weight excluding hydrogens is 357 g/mol. The Morgan fingerprint density at radius 2 is 1.95 bits per heavy atom. The largest absolute Gasteiger partial charge is 0.379 e. The van der Waals surface area contributed by atoms with Crippen LogP contribution in [0.4, 0.5) is 0 Å². The van der Waals surface area contributed by atoms with Gasteiger partial charge in [0.05, 0.1) is 16.7 Å². The minimum absolute atomic E-state index is 0.197. The van der Waals surface area contributed by atoms with Crippen molar-refractivity contribution in [3.05, 3.63) is 32.9 Å². The van der Waals surface area contributed by atoms with Crippen molar-refractivity contribution >= 4 is 34.4 Å². The van der Waals surface area contributed by atoms with Crippen LogP contribution in [-0.4, -0.2) is 36.0 Å². The van der Waals surface area contributed by atoms with Crippen LogP contribution in [-0.2, 0) is 4.74 Å². The summed E-state index contributed by atoms with van der Waals surface area (Å²) < 4.78 is 6.14. The Balaban J connectivity index is 2.22. The van der Waals surface area contributed by atoms with E-state index in [0.29, 0.717) is 24.1 Å². The number of ether oxygens (including phenoxy) is 1. The summed E-state index contributed by atoms with van der Waals surface area (Å²) in [5, 5.41) is 0. The Bertz CT molecular complexity index is 539. The number of carbonyl (C=O) groups excluding carboxylic acids is 2. The smallest absolute Gasteiger partial charge is 0.262 e. The van der Waals surface area contributed by atoms with Crippen molar-refractivity contribution in [1.82, 2.24) is 4.90 Å². The zero-order valence-electron chi connectivity index (χ0n) is 11.2. The van der Waals surface area contributed by atoms with Crippen LogP contribution in [0.15, 0.2) is 18.2 Å². The second-order valence-corrected chi connectivity index (χ2v) is 6.30. The third-order valence-corrected chi connectivity index (χ3v) is 4.34. The highest BCUT2D eigenvalue weighted by Crippen LogP contribution is 2.28. The molecule has 0 bridgehead atoms. The molecule has 1 aliphatic heterocycles. The van der Waals surface area contributed by atoms with Crippen molar-refractivity contribution in [2.75, 3.05) is 13.7 Å². The number of methoxy groups -OCH3 is 1. The van der Waals surface area contributed by atoms with Gasteiger partial charge in [-0.15, -0.1) is 0 Å². The highest BCUT2D eigenvalue weighted by molar-refractivity contribution is 14.1. The molecule has 0 spiro atoms. The van der Waals surface area contributed by atoms with Gasteiger partial charge in [-0.2, -0.15) is 0 Å². The van der Waals surface area contributed by atoms with E-state index in [1.165, 1.54) is 4.90 Å². The van der Waals surface area contributed by atoms with Gasteiger partial charge in [0, 0.05) is 17.2 Å². The van der Waals surface area contributed by atoms with E-state index in [2.05, 4.69) is 22.6 Å². The number of fused-ring (bicyclic) bond motifs is 1. The van der Waals surface area contributed by atoms with Crippen LogP contribution in [0.2, 0.25) is 0 Å². The van der Waals surface area contributed by atoms with Gasteiger partial charge in [-0.05, 0) is 55.0 Å². The molecule has 1 heterocycles. The molecule has 0 atom stereocenters. The number of imide groups is 1. The molecule has 0 aliphatic carbocycles. The molecular formula is C14H16INO3. The van der Waals surface area contributed by atoms with Crippen molar-refractivity contribution in [1.29, 1.82) is 0 Å². The topological polar surface area (TPSA) is 46.6 Å². The minimum atomic E-state index is -0.345. The first kappa shape index (κ1) is 14.5. The van der Waals surface area contributed by atoms with Crippen LogP contribution >= 0.6 is 22.6 Å². The van der Waals surface area contributed by atoms with Gasteiger partial charge in [-0.25, -0.2) is 0 Å². The highest BCUT2D eigenvalue weighted by Gasteiger charge is 2.37. The summed E-state index contributed by atoms with van der Waals surface area (Å²) in [4.78, 5) is 25.8. The van der Waals surface area contributed by atoms with Gasteiger partial charge in [-0.1, -0.05) is 6.07 Å². The minimum Gasteiger partial charge on any atom is -0.379 e. The maximum Gasteiger partial charge on any atom is 0.262 e. The fourth-order valence-electron chi connectivity index (χ4n) is 1.98. The van der Waals surface area contributed by atoms with Crippen LogP contribution in [0.1, 0.15) is 41.0 Å². The Morgan fingerprint density at radius 3 is 2.53 bits per heavy atom. The maximum atomic E-state index is 12.3. The molecule has 0 aromatic heterocycles. The number of hydrogen-bond acceptors (Lipinski definition) is 3. The molecule has 0 fully saturated rings. The van der Waals surface area contributed by atoms with Gasteiger partial charge in [0.2, 0.25) is 0 Å². The molecule has 0 unspecified atom stereocenters. The second-order valence-electron chi connectivity index (χ2n) is 5.14. The standard InChI is InChI=1S/C14H16INO3/c1-14(2,19-3)7-8-16-12(17)9-5-4-6-10(15)11(9)13(16)18/h4-6H,7-8H2,1-3H3. The lowest BCUT2D eigenvalue weighted by Crippen LogP contribution is -2.35. The molecule has 0 radical (unpaired) electrons. The molecule has 1 aromatic rings. The van der Waals surface area contributed by atoms with Gasteiger partial charge < -0.3 is 4.74 Å². The van der Waals surface area contributed by atoms with E-state index in [-0.39, 0.29) is 17.4 Å². The van der Waals surface area contributed by atoms with Crippen LogP contribution < -0.4 is 0 Å². The van der Waals surface area contributed by atoms with Crippen LogP contribution in [0.3, 0.4) is 0 Å². The molecule has 0 N–H and O–H groups in total. The predicted molar refractivity (Wildman–Crippen MR) is 80.2 cm³/mol. The van der Waals surface area contributed by atoms with Gasteiger partial charge >= 0.3 is 0 Å². The quantitative estimate of drug-likeness (QED) is 0.602. The lowest BCUT2D eigenvalue weighted by molar-refractivity contribution is 0.00911. The number of hydrogen-bond donors (Lipinski definition) is 0. The zero-order chi connectivity index (χ0) is 14.2. The van der Waals surface area contributed by atoms with Crippen molar-refractivity contribution < 1.29 is 14.3 Å². The van der Waals surface area contributed by atoms with E-state index < -0.39 is 0 Å². The summed E-state index contributed by atoms with van der Waals surface area (Å²) in [7, 11) is 1.63. The van der Waals surface area contributed by atoms with E-state index in [1.54, 1.807) is 19.2 Å². The predicted octanol–water partition coefficient (Wildman–Crippen LogP) is 2.70. The third-order valence-electron chi connectivity index (χ3n) is 3.44. The average molecular weight is 373 g/mol. The molecule has 0 saturated carbocycles. The summed E-state index contributed by atoms with van der Waals surface area (Å²) in [6.45, 7) is 4.26. The lowest BCUT2D eigenvalue weighted by atomic mass is 10.1. The first-order chi connectivity index (χ1) is 8.87. The van der Waals surface area contributed by atoms with E-state index in [4.69, 9.17) is 4.74 Å². The van der Waals surface area contributed by atoms with Crippen molar-refractivity contribution in [2.45, 2.75) is 25.9 Å². The van der Waals surface area contributed by atoms with Crippen LogP contribution in [0.5, 0.6) is 0 Å². The van der Waals surface area contributed by atoms with E-state index in [0.717, 1.165) is 3.57 Å². The molecule has 2 amide bonds. The summed E-state index contributed by atoms with van der Waals surface area (Å²) >= 11 is 2.09. The molecule has 2 rings (SSSR count). The van der Waals surface area contributed by atoms with Gasteiger partial charge in [0.15, 0.2) is 0 Å². The van der Waals surface area contributed by atoms with Gasteiger partial charge in [0.1, 0.15) is 0 Å². The number of carbonyl (C=O) groups is 2. The SMILES string of the molecule is COC(C)(C)CCN1C(=O)c2cccc(I)c2C1=O. The van der Waals surface area contributed by atoms with Crippen LogP contribution in [0, 0.1) is 3.57 Å². The molecule has 4 nitrogen and oxygen atoms in total. The Hall–Kier alpha value is -0.950. The summed E-state index contributed by atoms with van der Waals surface area (Å²) in [5.74, 6) is -0.401. The van der Waals surface area contributed by atoms with Crippen molar-refractivity contribution in [3.8, 4) is 0 Å². The second kappa shape index (κ2) is 5.20. The fourth-order valence-corrected chi connectivity index (χ4v) is 2.71. The molecule has 1 aromatic carbocycles. The van der Waals surface area contributed by atoms with Crippen LogP contribution in [0.25, 0.3) is 0 Å². The van der Waals surface area contributed by atoms with E-state index in [9.17, 15) is 9.59 Å². The number of halogens is 1. The third kappa shape index (κ3) is 2.67. The molecule has 0 saturated heterocycles. The number of benzene rings is 1. The summed E-state index contributed by atoms with van der Waals surface area (Å²) in [6, 6.07) is 5.35. The van der Waals surface area contributed by atoms with Crippen molar-refractivity contribution in [3.63, 3.8) is 0 Å². The first-order valence-electron chi connectivity index (χ1n) is 6.07. The Labute approximate surface area is 126 Å². The summed E-state index contributed by atoms with van der Waals surface area (Å²) in [6.07, 6.45) is 0.617. The Morgan fingerprint density at radius 1 is 1.26 bits per heavy atom. The average Bonchev–Trinajstić information content (AvgIpc) is 2.61. The van der Waals surface area contributed by atoms with E-state index >= 15 is 0 Å². The maximum absolute atomic E-state index is 12.3. The van der Waals surface area contributed by atoms with Gasteiger partial charge in [-0.3, -0.25) is 14.5 Å². The summed E-state index contributed by atoms with van der Waals surface area (Å²) in [5.41, 5.74) is 0.693. The molecule has 1 aliphatic rings. The molecule has 19 heavy (non-hydrogen) atoms.